The SMILES string of the molecule is CCCCCCCCCCCCCC[N+](C)(Cc1ccccc1)C(C)(C)CCS(=O)(=O)[O-]. The van der Waals surface area contributed by atoms with Crippen molar-refractivity contribution in [2.45, 2.75) is 116 Å². The molecule has 5 heteroatoms. The van der Waals surface area contributed by atoms with Crippen LogP contribution in [0.25, 0.3) is 0 Å². The van der Waals surface area contributed by atoms with Crippen LogP contribution >= 0.6 is 0 Å². The third-order valence-corrected chi connectivity index (χ3v) is 8.01. The van der Waals surface area contributed by atoms with Gasteiger partial charge >= 0.3 is 0 Å². The number of hydrogen-bond acceptors (Lipinski definition) is 3. The number of benzene rings is 1. The van der Waals surface area contributed by atoms with Crippen molar-refractivity contribution in [3.63, 3.8) is 0 Å². The molecule has 0 aliphatic rings. The Morgan fingerprint density at radius 1 is 0.812 bits per heavy atom. The molecule has 0 fully saturated rings. The summed E-state index contributed by atoms with van der Waals surface area (Å²) in [4.78, 5) is 0. The largest absolute Gasteiger partial charge is 0.748 e. The van der Waals surface area contributed by atoms with Crippen LogP contribution < -0.4 is 0 Å². The lowest BCUT2D eigenvalue weighted by Gasteiger charge is -2.48. The molecule has 0 heterocycles. The molecular weight excluding hydrogens is 418 g/mol. The first-order valence-corrected chi connectivity index (χ1v) is 14.5. The van der Waals surface area contributed by atoms with Crippen molar-refractivity contribution >= 4 is 10.1 Å². The first-order chi connectivity index (χ1) is 15.1. The highest BCUT2D eigenvalue weighted by atomic mass is 32.2. The van der Waals surface area contributed by atoms with Gasteiger partial charge in [0.1, 0.15) is 6.54 Å². The highest BCUT2D eigenvalue weighted by molar-refractivity contribution is 7.85. The zero-order chi connectivity index (χ0) is 23.9. The highest BCUT2D eigenvalue weighted by Gasteiger charge is 2.39. The van der Waals surface area contributed by atoms with E-state index in [2.05, 4.69) is 52.1 Å². The van der Waals surface area contributed by atoms with Gasteiger partial charge in [-0.3, -0.25) is 0 Å². The molecule has 0 aliphatic carbocycles. The van der Waals surface area contributed by atoms with Crippen LogP contribution in [0.2, 0.25) is 0 Å². The molecule has 0 radical (unpaired) electrons. The number of nitrogens with zero attached hydrogens (tertiary/aromatic N) is 1. The lowest BCUT2D eigenvalue weighted by atomic mass is 9.93. The fourth-order valence-electron chi connectivity index (χ4n) is 4.53. The summed E-state index contributed by atoms with van der Waals surface area (Å²) in [7, 11) is -1.97. The van der Waals surface area contributed by atoms with Crippen LogP contribution in [0, 0.1) is 0 Å². The summed E-state index contributed by atoms with van der Waals surface area (Å²) in [5, 5.41) is 0. The standard InChI is InChI=1S/C27H49NO3S/c1-5-6-7-8-9-10-11-12-13-14-15-19-23-28(4,25-26-20-17-16-18-21-26)27(2,3)22-24-32(29,30)31/h16-18,20-21H,5-15,19,22-25H2,1-4H3. The van der Waals surface area contributed by atoms with E-state index in [1.54, 1.807) is 0 Å². The summed E-state index contributed by atoms with van der Waals surface area (Å²) in [6.07, 6.45) is 16.3. The number of rotatable bonds is 19. The molecule has 0 N–H and O–H groups in total. The van der Waals surface area contributed by atoms with Crippen LogP contribution in [0.3, 0.4) is 0 Å². The predicted octanol–water partition coefficient (Wildman–Crippen LogP) is 7.05. The molecule has 1 aromatic carbocycles. The minimum Gasteiger partial charge on any atom is -0.748 e. The van der Waals surface area contributed by atoms with Crippen molar-refractivity contribution in [1.82, 2.24) is 0 Å². The van der Waals surface area contributed by atoms with Crippen LogP contribution in [-0.2, 0) is 16.7 Å². The Balaban J connectivity index is 2.46. The van der Waals surface area contributed by atoms with Gasteiger partial charge in [0.15, 0.2) is 0 Å². The highest BCUT2D eigenvalue weighted by Crippen LogP contribution is 2.30. The Hall–Kier alpha value is -0.910. The molecule has 1 aromatic rings. The van der Waals surface area contributed by atoms with Gasteiger partial charge in [0, 0.05) is 17.7 Å². The van der Waals surface area contributed by atoms with Gasteiger partial charge in [0.25, 0.3) is 0 Å². The van der Waals surface area contributed by atoms with Gasteiger partial charge in [-0.1, -0.05) is 101 Å². The Bertz CT molecular complexity index is 703. The second-order valence-electron chi connectivity index (χ2n) is 10.5. The summed E-state index contributed by atoms with van der Waals surface area (Å²) in [5.74, 6) is -0.291. The van der Waals surface area contributed by atoms with Gasteiger partial charge in [0.2, 0.25) is 0 Å². The van der Waals surface area contributed by atoms with Crippen LogP contribution in [0.1, 0.15) is 110 Å². The van der Waals surface area contributed by atoms with Crippen molar-refractivity contribution in [3.05, 3.63) is 35.9 Å². The summed E-state index contributed by atoms with van der Waals surface area (Å²) < 4.78 is 34.6. The first kappa shape index (κ1) is 29.1. The van der Waals surface area contributed by atoms with Crippen LogP contribution in [-0.4, -0.2) is 42.3 Å². The molecule has 0 aromatic heterocycles. The smallest absolute Gasteiger partial charge is 0.105 e. The summed E-state index contributed by atoms with van der Waals surface area (Å²) >= 11 is 0. The molecule has 0 spiro atoms. The summed E-state index contributed by atoms with van der Waals surface area (Å²) in [6.45, 7) is 8.34. The van der Waals surface area contributed by atoms with Crippen LogP contribution in [0.15, 0.2) is 30.3 Å². The normalized spacial score (nSPS) is 14.4. The molecule has 1 rings (SSSR count). The molecule has 4 nitrogen and oxygen atoms in total. The van der Waals surface area contributed by atoms with Crippen molar-refractivity contribution in [2.24, 2.45) is 0 Å². The molecule has 0 saturated carbocycles. The van der Waals surface area contributed by atoms with E-state index < -0.39 is 10.1 Å². The molecule has 1 unspecified atom stereocenters. The molecule has 0 bridgehead atoms. The number of quaternary nitrogens is 1. The lowest BCUT2D eigenvalue weighted by molar-refractivity contribution is -0.968. The van der Waals surface area contributed by atoms with E-state index in [1.165, 1.54) is 76.2 Å². The lowest BCUT2D eigenvalue weighted by Crippen LogP contribution is -2.59. The van der Waals surface area contributed by atoms with Crippen molar-refractivity contribution in [3.8, 4) is 0 Å². The van der Waals surface area contributed by atoms with E-state index >= 15 is 0 Å². The third kappa shape index (κ3) is 12.4. The van der Waals surface area contributed by atoms with Gasteiger partial charge < -0.3 is 9.04 Å². The topological polar surface area (TPSA) is 57.2 Å². The van der Waals surface area contributed by atoms with Crippen molar-refractivity contribution in [2.75, 3.05) is 19.3 Å². The molecule has 0 amide bonds. The maximum Gasteiger partial charge on any atom is 0.105 e. The Labute approximate surface area is 199 Å². The van der Waals surface area contributed by atoms with E-state index in [9.17, 15) is 13.0 Å². The van der Waals surface area contributed by atoms with E-state index in [1.807, 2.05) is 6.07 Å². The number of hydrogen-bond donors (Lipinski definition) is 0. The van der Waals surface area contributed by atoms with Crippen molar-refractivity contribution < 1.29 is 17.5 Å². The Morgan fingerprint density at radius 2 is 1.28 bits per heavy atom. The average molecular weight is 468 g/mol. The predicted molar refractivity (Wildman–Crippen MR) is 136 cm³/mol. The van der Waals surface area contributed by atoms with Crippen LogP contribution in [0.5, 0.6) is 0 Å². The minimum atomic E-state index is -4.20. The summed E-state index contributed by atoms with van der Waals surface area (Å²) in [5.41, 5.74) is 0.970. The van der Waals surface area contributed by atoms with Gasteiger partial charge in [0.05, 0.1) is 29.2 Å². The minimum absolute atomic E-state index is 0.287. The zero-order valence-electron chi connectivity index (χ0n) is 21.3. The second-order valence-corrected chi connectivity index (χ2v) is 12.0. The maximum atomic E-state index is 11.3. The van der Waals surface area contributed by atoms with Crippen LogP contribution in [0.4, 0.5) is 0 Å². The third-order valence-electron chi connectivity index (χ3n) is 7.30. The van der Waals surface area contributed by atoms with Gasteiger partial charge in [-0.25, -0.2) is 8.42 Å². The van der Waals surface area contributed by atoms with E-state index in [4.69, 9.17) is 0 Å². The van der Waals surface area contributed by atoms with E-state index in [0.29, 0.717) is 6.42 Å². The van der Waals surface area contributed by atoms with Crippen molar-refractivity contribution in [1.29, 1.82) is 0 Å². The quantitative estimate of drug-likeness (QED) is 0.124. The monoisotopic (exact) mass is 467 g/mol. The average Bonchev–Trinajstić information content (AvgIpc) is 2.73. The van der Waals surface area contributed by atoms with Gasteiger partial charge in [-0.2, -0.15) is 0 Å². The Morgan fingerprint density at radius 3 is 1.75 bits per heavy atom. The van der Waals surface area contributed by atoms with E-state index in [0.717, 1.165) is 24.0 Å². The second kappa shape index (κ2) is 15.1. The maximum absolute atomic E-state index is 11.3. The summed E-state index contributed by atoms with van der Waals surface area (Å²) in [6, 6.07) is 10.4. The van der Waals surface area contributed by atoms with E-state index in [-0.39, 0.29) is 11.3 Å². The first-order valence-electron chi connectivity index (χ1n) is 12.9. The van der Waals surface area contributed by atoms with Gasteiger partial charge in [-0.15, -0.1) is 0 Å². The molecular formula is C27H49NO3S. The fourth-order valence-corrected chi connectivity index (χ4v) is 5.28. The zero-order valence-corrected chi connectivity index (χ0v) is 22.1. The molecule has 0 saturated heterocycles. The molecule has 1 atom stereocenters. The number of unbranched alkanes of at least 4 members (excludes halogenated alkanes) is 11. The Kier molecular flexibility index (Phi) is 13.7. The molecule has 32 heavy (non-hydrogen) atoms. The molecule has 186 valence electrons. The fraction of sp³-hybridized carbons (Fsp3) is 0.778. The molecule has 0 aliphatic heterocycles. The van der Waals surface area contributed by atoms with Gasteiger partial charge in [-0.05, 0) is 26.7 Å².